The summed E-state index contributed by atoms with van der Waals surface area (Å²) < 4.78 is 5.98. The predicted octanol–water partition coefficient (Wildman–Crippen LogP) is 2.91. The number of nitrogens with zero attached hydrogens (tertiary/aromatic N) is 1. The molecule has 1 heterocycles. The molecule has 0 radical (unpaired) electrons. The molecule has 0 aromatic heterocycles. The predicted molar refractivity (Wildman–Crippen MR) is 84.2 cm³/mol. The lowest BCUT2D eigenvalue weighted by Crippen LogP contribution is -2.28. The van der Waals surface area contributed by atoms with Gasteiger partial charge in [0, 0.05) is 25.2 Å². The van der Waals surface area contributed by atoms with E-state index in [0.29, 0.717) is 5.41 Å². The van der Waals surface area contributed by atoms with Crippen LogP contribution in [0.5, 0.6) is 5.75 Å². The molecule has 20 heavy (non-hydrogen) atoms. The van der Waals surface area contributed by atoms with Crippen LogP contribution in [0.1, 0.15) is 32.8 Å². The first-order valence-electron chi connectivity index (χ1n) is 7.74. The van der Waals surface area contributed by atoms with Gasteiger partial charge in [0.15, 0.2) is 0 Å². The van der Waals surface area contributed by atoms with Gasteiger partial charge < -0.3 is 10.1 Å². The molecule has 1 aromatic rings. The Labute approximate surface area is 123 Å². The average Bonchev–Trinajstić information content (AvgIpc) is 2.77. The second-order valence-electron chi connectivity index (χ2n) is 6.43. The van der Waals surface area contributed by atoms with Crippen molar-refractivity contribution in [3.63, 3.8) is 0 Å². The molecule has 1 saturated heterocycles. The summed E-state index contributed by atoms with van der Waals surface area (Å²) in [7, 11) is 0. The Morgan fingerprint density at radius 2 is 2.10 bits per heavy atom. The second kappa shape index (κ2) is 7.09. The SMILES string of the molecule is CCNCc1ccccc1OCCN1CCC(C)(C)C1. The number of benzene rings is 1. The van der Waals surface area contributed by atoms with Crippen molar-refractivity contribution >= 4 is 0 Å². The molecule has 0 amide bonds. The molecule has 112 valence electrons. The summed E-state index contributed by atoms with van der Waals surface area (Å²) >= 11 is 0. The molecule has 0 aliphatic carbocycles. The van der Waals surface area contributed by atoms with Gasteiger partial charge in [-0.15, -0.1) is 0 Å². The number of rotatable bonds is 7. The lowest BCUT2D eigenvalue weighted by molar-refractivity contribution is 0.221. The molecule has 3 nitrogen and oxygen atoms in total. The first-order valence-corrected chi connectivity index (χ1v) is 7.74. The van der Waals surface area contributed by atoms with Crippen molar-refractivity contribution < 1.29 is 4.74 Å². The van der Waals surface area contributed by atoms with Crippen LogP contribution in [0.4, 0.5) is 0 Å². The van der Waals surface area contributed by atoms with Crippen molar-refractivity contribution in [2.24, 2.45) is 5.41 Å². The fourth-order valence-electron chi connectivity index (χ4n) is 2.75. The van der Waals surface area contributed by atoms with Crippen LogP contribution in [0.3, 0.4) is 0 Å². The molecule has 1 N–H and O–H groups in total. The highest BCUT2D eigenvalue weighted by Gasteiger charge is 2.28. The van der Waals surface area contributed by atoms with Crippen LogP contribution in [0, 0.1) is 5.41 Å². The normalized spacial score (nSPS) is 18.4. The quantitative estimate of drug-likeness (QED) is 0.829. The highest BCUT2D eigenvalue weighted by molar-refractivity contribution is 5.33. The molecule has 0 unspecified atom stereocenters. The van der Waals surface area contributed by atoms with E-state index in [1.54, 1.807) is 0 Å². The van der Waals surface area contributed by atoms with Gasteiger partial charge in [-0.25, -0.2) is 0 Å². The topological polar surface area (TPSA) is 24.5 Å². The number of nitrogens with one attached hydrogen (secondary N) is 1. The molecule has 2 rings (SSSR count). The fourth-order valence-corrected chi connectivity index (χ4v) is 2.75. The minimum atomic E-state index is 0.475. The van der Waals surface area contributed by atoms with Crippen molar-refractivity contribution in [1.29, 1.82) is 0 Å². The van der Waals surface area contributed by atoms with E-state index in [1.807, 2.05) is 6.07 Å². The highest BCUT2D eigenvalue weighted by atomic mass is 16.5. The Morgan fingerprint density at radius 3 is 2.80 bits per heavy atom. The summed E-state index contributed by atoms with van der Waals surface area (Å²) in [5.74, 6) is 1.02. The van der Waals surface area contributed by atoms with Gasteiger partial charge in [-0.2, -0.15) is 0 Å². The summed E-state index contributed by atoms with van der Waals surface area (Å²) in [6.07, 6.45) is 1.30. The molecular weight excluding hydrogens is 248 g/mol. The van der Waals surface area contributed by atoms with E-state index in [-0.39, 0.29) is 0 Å². The third-order valence-corrected chi connectivity index (χ3v) is 3.96. The van der Waals surface area contributed by atoms with Crippen molar-refractivity contribution in [2.45, 2.75) is 33.7 Å². The molecule has 1 aromatic carbocycles. The number of ether oxygens (including phenoxy) is 1. The monoisotopic (exact) mass is 276 g/mol. The van der Waals surface area contributed by atoms with Crippen molar-refractivity contribution in [2.75, 3.05) is 32.8 Å². The lowest BCUT2D eigenvalue weighted by Gasteiger charge is -2.20. The summed E-state index contributed by atoms with van der Waals surface area (Å²) in [6, 6.07) is 8.32. The number of likely N-dealkylation sites (tertiary alicyclic amines) is 1. The molecule has 0 bridgehead atoms. The van der Waals surface area contributed by atoms with Crippen LogP contribution < -0.4 is 10.1 Å². The smallest absolute Gasteiger partial charge is 0.123 e. The van der Waals surface area contributed by atoms with Crippen LogP contribution in [0.15, 0.2) is 24.3 Å². The third-order valence-electron chi connectivity index (χ3n) is 3.96. The minimum absolute atomic E-state index is 0.475. The molecule has 1 aliphatic rings. The maximum Gasteiger partial charge on any atom is 0.123 e. The second-order valence-corrected chi connectivity index (χ2v) is 6.43. The van der Waals surface area contributed by atoms with Crippen molar-refractivity contribution in [3.8, 4) is 5.75 Å². The van der Waals surface area contributed by atoms with Crippen LogP contribution in [0.25, 0.3) is 0 Å². The Hall–Kier alpha value is -1.06. The Morgan fingerprint density at radius 1 is 1.30 bits per heavy atom. The molecule has 0 spiro atoms. The first kappa shape index (κ1) is 15.3. The maximum atomic E-state index is 5.98. The Kier molecular flexibility index (Phi) is 5.44. The largest absolute Gasteiger partial charge is 0.492 e. The summed E-state index contributed by atoms with van der Waals surface area (Å²) in [6.45, 7) is 12.9. The lowest BCUT2D eigenvalue weighted by atomic mass is 9.93. The summed E-state index contributed by atoms with van der Waals surface area (Å²) in [4.78, 5) is 2.51. The van der Waals surface area contributed by atoms with Gasteiger partial charge in [0.1, 0.15) is 12.4 Å². The van der Waals surface area contributed by atoms with Crippen LogP contribution in [0.2, 0.25) is 0 Å². The van der Waals surface area contributed by atoms with E-state index in [2.05, 4.69) is 49.2 Å². The van der Waals surface area contributed by atoms with E-state index in [1.165, 1.54) is 25.1 Å². The minimum Gasteiger partial charge on any atom is -0.492 e. The number of hydrogen-bond acceptors (Lipinski definition) is 3. The van der Waals surface area contributed by atoms with Gasteiger partial charge in [0.05, 0.1) is 0 Å². The molecule has 1 aliphatic heterocycles. The molecule has 1 fully saturated rings. The van der Waals surface area contributed by atoms with E-state index < -0.39 is 0 Å². The Bertz CT molecular complexity index is 417. The highest BCUT2D eigenvalue weighted by Crippen LogP contribution is 2.28. The molecular formula is C17H28N2O. The summed E-state index contributed by atoms with van der Waals surface area (Å²) in [5.41, 5.74) is 1.72. The fraction of sp³-hybridized carbons (Fsp3) is 0.647. The number of hydrogen-bond donors (Lipinski definition) is 1. The zero-order valence-electron chi connectivity index (χ0n) is 13.1. The van der Waals surface area contributed by atoms with Gasteiger partial charge >= 0.3 is 0 Å². The van der Waals surface area contributed by atoms with Crippen LogP contribution >= 0.6 is 0 Å². The Balaban J connectivity index is 1.79. The van der Waals surface area contributed by atoms with Gasteiger partial charge in [-0.1, -0.05) is 39.0 Å². The third kappa shape index (κ3) is 4.50. The van der Waals surface area contributed by atoms with Gasteiger partial charge in [-0.3, -0.25) is 4.90 Å². The number of para-hydroxylation sites is 1. The van der Waals surface area contributed by atoms with Gasteiger partial charge in [-0.05, 0) is 31.0 Å². The first-order chi connectivity index (χ1) is 9.61. The van der Waals surface area contributed by atoms with Gasteiger partial charge in [0.2, 0.25) is 0 Å². The summed E-state index contributed by atoms with van der Waals surface area (Å²) in [5, 5.41) is 3.36. The standard InChI is InChI=1S/C17H28N2O/c1-4-18-13-15-7-5-6-8-16(15)20-12-11-19-10-9-17(2,3)14-19/h5-8,18H,4,9-14H2,1-3H3. The molecule has 3 heteroatoms. The maximum absolute atomic E-state index is 5.98. The zero-order chi connectivity index (χ0) is 14.4. The van der Waals surface area contributed by atoms with Crippen molar-refractivity contribution in [1.82, 2.24) is 10.2 Å². The molecule has 0 saturated carbocycles. The van der Waals surface area contributed by atoms with Gasteiger partial charge in [0.25, 0.3) is 0 Å². The average molecular weight is 276 g/mol. The van der Waals surface area contributed by atoms with E-state index in [4.69, 9.17) is 4.74 Å². The van der Waals surface area contributed by atoms with Crippen LogP contribution in [-0.2, 0) is 6.54 Å². The van der Waals surface area contributed by atoms with E-state index in [9.17, 15) is 0 Å². The van der Waals surface area contributed by atoms with E-state index >= 15 is 0 Å². The van der Waals surface area contributed by atoms with Crippen molar-refractivity contribution in [3.05, 3.63) is 29.8 Å². The van der Waals surface area contributed by atoms with Crippen LogP contribution in [-0.4, -0.2) is 37.7 Å². The van der Waals surface area contributed by atoms with E-state index in [0.717, 1.165) is 32.0 Å². The molecule has 0 atom stereocenters. The zero-order valence-corrected chi connectivity index (χ0v) is 13.1.